The molecule has 7 heteroatoms. The molecular formula is C36H46N4O3. The number of carbonyl (C=O) groups excluding carboxylic acids is 1. The maximum absolute atomic E-state index is 14.3. The van der Waals surface area contributed by atoms with Gasteiger partial charge in [-0.25, -0.2) is 9.78 Å². The van der Waals surface area contributed by atoms with Crippen molar-refractivity contribution in [1.29, 1.82) is 0 Å². The van der Waals surface area contributed by atoms with Gasteiger partial charge in [-0.1, -0.05) is 97.1 Å². The number of methoxy groups -OCH3 is 1. The molecule has 2 N–H and O–H groups in total. The van der Waals surface area contributed by atoms with Gasteiger partial charge >= 0.3 is 6.03 Å². The zero-order valence-corrected chi connectivity index (χ0v) is 26.5. The van der Waals surface area contributed by atoms with Gasteiger partial charge in [-0.2, -0.15) is 0 Å². The number of para-hydroxylation sites is 1. The van der Waals surface area contributed by atoms with E-state index in [1.807, 2.05) is 54.6 Å². The highest BCUT2D eigenvalue weighted by molar-refractivity contribution is 6.07. The summed E-state index contributed by atoms with van der Waals surface area (Å²) in [6.07, 6.45) is 8.35. The fourth-order valence-electron chi connectivity index (χ4n) is 5.69. The van der Waals surface area contributed by atoms with Crippen LogP contribution in [0.1, 0.15) is 96.1 Å². The molecule has 228 valence electrons. The summed E-state index contributed by atoms with van der Waals surface area (Å²) in [5, 5.41) is 6.91. The van der Waals surface area contributed by atoms with Crippen LogP contribution in [0.5, 0.6) is 5.75 Å². The van der Waals surface area contributed by atoms with Gasteiger partial charge < -0.3 is 15.4 Å². The van der Waals surface area contributed by atoms with Gasteiger partial charge in [-0.05, 0) is 59.2 Å². The molecule has 0 saturated heterocycles. The molecule has 2 heterocycles. The average molecular weight is 583 g/mol. The van der Waals surface area contributed by atoms with E-state index in [2.05, 4.69) is 50.2 Å². The average Bonchev–Trinajstić information content (AvgIpc) is 3.00. The lowest BCUT2D eigenvalue weighted by molar-refractivity contribution is 0.262. The third-order valence-electron chi connectivity index (χ3n) is 7.96. The molecule has 2 aromatic carbocycles. The summed E-state index contributed by atoms with van der Waals surface area (Å²) in [6.45, 7) is 11.2. The molecule has 4 rings (SSSR count). The summed E-state index contributed by atoms with van der Waals surface area (Å²) in [5.74, 6) is 1.08. The molecule has 0 aliphatic heterocycles. The number of benzene rings is 2. The molecule has 0 aliphatic rings. The zero-order chi connectivity index (χ0) is 30.9. The van der Waals surface area contributed by atoms with Crippen LogP contribution in [0, 0.1) is 0 Å². The number of ether oxygens (including phenoxy) is 1. The van der Waals surface area contributed by atoms with E-state index in [0.29, 0.717) is 23.5 Å². The first-order valence-corrected chi connectivity index (χ1v) is 15.6. The van der Waals surface area contributed by atoms with Crippen LogP contribution in [0.15, 0.2) is 65.6 Å². The number of hydrogen-bond donors (Lipinski definition) is 2. The number of aromatic nitrogens is 2. The first kappa shape index (κ1) is 31.8. The van der Waals surface area contributed by atoms with Crippen LogP contribution in [-0.4, -0.2) is 22.7 Å². The van der Waals surface area contributed by atoms with E-state index in [4.69, 9.17) is 4.74 Å². The van der Waals surface area contributed by atoms with Crippen molar-refractivity contribution in [2.24, 2.45) is 0 Å². The number of urea groups is 1. The molecule has 4 aromatic rings. The Morgan fingerprint density at radius 1 is 0.860 bits per heavy atom. The predicted molar refractivity (Wildman–Crippen MR) is 179 cm³/mol. The summed E-state index contributed by atoms with van der Waals surface area (Å²) in [4.78, 5) is 32.7. The van der Waals surface area contributed by atoms with E-state index < -0.39 is 6.03 Å². The molecule has 0 unspecified atom stereocenters. The van der Waals surface area contributed by atoms with Gasteiger partial charge in [0.25, 0.3) is 5.56 Å². The first-order valence-electron chi connectivity index (χ1n) is 15.6. The van der Waals surface area contributed by atoms with Crippen LogP contribution >= 0.6 is 0 Å². The molecule has 43 heavy (non-hydrogen) atoms. The normalized spacial score (nSPS) is 11.3. The van der Waals surface area contributed by atoms with Crippen molar-refractivity contribution in [2.75, 3.05) is 17.7 Å². The van der Waals surface area contributed by atoms with Crippen molar-refractivity contribution in [3.63, 3.8) is 0 Å². The smallest absolute Gasteiger partial charge is 0.323 e. The van der Waals surface area contributed by atoms with E-state index in [-0.39, 0.29) is 23.1 Å². The Kier molecular flexibility index (Phi) is 11.0. The summed E-state index contributed by atoms with van der Waals surface area (Å²) in [5.41, 5.74) is 4.86. The number of amides is 2. The number of pyridine rings is 2. The van der Waals surface area contributed by atoms with Crippen LogP contribution in [-0.2, 0) is 6.54 Å². The number of anilines is 2. The number of nitrogens with one attached hydrogen (secondary N) is 2. The Labute approximate surface area is 255 Å². The number of fused-ring (bicyclic) bond motifs is 1. The molecule has 0 radical (unpaired) electrons. The fraction of sp³-hybridized carbons (Fsp3) is 0.417. The number of carbonyl (C=O) groups is 1. The minimum atomic E-state index is -0.453. The summed E-state index contributed by atoms with van der Waals surface area (Å²) in [7, 11) is 1.61. The van der Waals surface area contributed by atoms with Crippen molar-refractivity contribution in [3.05, 3.63) is 82.3 Å². The number of nitrogens with zero attached hydrogens (tertiary/aromatic N) is 2. The number of rotatable bonds is 13. The Hall–Kier alpha value is -4.13. The second kappa shape index (κ2) is 14.9. The highest BCUT2D eigenvalue weighted by atomic mass is 16.5. The number of hydrogen-bond acceptors (Lipinski definition) is 4. The fourth-order valence-corrected chi connectivity index (χ4v) is 5.69. The van der Waals surface area contributed by atoms with Crippen molar-refractivity contribution in [3.8, 4) is 16.9 Å². The maximum Gasteiger partial charge on any atom is 0.323 e. The van der Waals surface area contributed by atoms with E-state index in [1.165, 1.54) is 19.3 Å². The van der Waals surface area contributed by atoms with Gasteiger partial charge in [-0.3, -0.25) is 9.36 Å². The first-order chi connectivity index (χ1) is 20.8. The topological polar surface area (TPSA) is 85.2 Å². The van der Waals surface area contributed by atoms with Crippen LogP contribution < -0.4 is 20.9 Å². The molecule has 2 amide bonds. The van der Waals surface area contributed by atoms with Crippen molar-refractivity contribution in [1.82, 2.24) is 9.55 Å². The van der Waals surface area contributed by atoms with Crippen molar-refractivity contribution < 1.29 is 9.53 Å². The van der Waals surface area contributed by atoms with E-state index in [0.717, 1.165) is 47.0 Å². The third kappa shape index (κ3) is 7.45. The molecule has 2 aromatic heterocycles. The number of unbranched alkanes of at least 4 members (excludes halogenated alkanes) is 5. The lowest BCUT2D eigenvalue weighted by atomic mass is 9.93. The second-order valence-electron chi connectivity index (χ2n) is 11.8. The van der Waals surface area contributed by atoms with Crippen molar-refractivity contribution in [2.45, 2.75) is 91.5 Å². The monoisotopic (exact) mass is 582 g/mol. The summed E-state index contributed by atoms with van der Waals surface area (Å²) in [6, 6.07) is 17.0. The molecular weight excluding hydrogens is 536 g/mol. The van der Waals surface area contributed by atoms with E-state index in [9.17, 15) is 9.59 Å². The second-order valence-corrected chi connectivity index (χ2v) is 11.8. The highest BCUT2D eigenvalue weighted by Gasteiger charge is 2.23. The quantitative estimate of drug-likeness (QED) is 0.154. The van der Waals surface area contributed by atoms with Gasteiger partial charge in [0.05, 0.1) is 7.11 Å². The Morgan fingerprint density at radius 2 is 1.51 bits per heavy atom. The van der Waals surface area contributed by atoms with Gasteiger partial charge in [0.1, 0.15) is 17.1 Å². The van der Waals surface area contributed by atoms with E-state index >= 15 is 0 Å². The Morgan fingerprint density at radius 3 is 2.19 bits per heavy atom. The van der Waals surface area contributed by atoms with Gasteiger partial charge in [0.2, 0.25) is 0 Å². The standard InChI is InChI=1S/C36H46N4O3/c1-7-8-9-10-11-12-22-40-34-30(20-15-21-37-34)31(26-16-13-17-27(23-26)43-6)33(35(40)41)39-36(42)38-32-28(24(2)3)18-14-19-29(32)25(4)5/h13-21,23-25H,7-12,22H2,1-6H3,(H2,38,39,42). The molecule has 0 saturated carbocycles. The maximum atomic E-state index is 14.3. The van der Waals surface area contributed by atoms with Crippen LogP contribution in [0.3, 0.4) is 0 Å². The SMILES string of the molecule is CCCCCCCCn1c(=O)c(NC(=O)Nc2c(C(C)C)cccc2C(C)C)c(-c2cccc(OC)c2)c2cccnc21. The highest BCUT2D eigenvalue weighted by Crippen LogP contribution is 2.36. The summed E-state index contributed by atoms with van der Waals surface area (Å²) >= 11 is 0. The van der Waals surface area contributed by atoms with Gasteiger partial charge in [-0.15, -0.1) is 0 Å². The molecule has 0 bridgehead atoms. The van der Waals surface area contributed by atoms with E-state index in [1.54, 1.807) is 17.9 Å². The molecule has 0 atom stereocenters. The van der Waals surface area contributed by atoms with Crippen LogP contribution in [0.25, 0.3) is 22.2 Å². The minimum absolute atomic E-state index is 0.211. The van der Waals surface area contributed by atoms with Gasteiger partial charge in [0.15, 0.2) is 0 Å². The third-order valence-corrected chi connectivity index (χ3v) is 7.96. The Balaban J connectivity index is 1.82. The predicted octanol–water partition coefficient (Wildman–Crippen LogP) is 9.32. The lowest BCUT2D eigenvalue weighted by Gasteiger charge is -2.22. The number of aryl methyl sites for hydroxylation is 1. The van der Waals surface area contributed by atoms with Crippen molar-refractivity contribution >= 4 is 28.4 Å². The van der Waals surface area contributed by atoms with Gasteiger partial charge in [0, 0.05) is 29.4 Å². The van der Waals surface area contributed by atoms with Crippen LogP contribution in [0.2, 0.25) is 0 Å². The lowest BCUT2D eigenvalue weighted by Crippen LogP contribution is -2.30. The molecule has 7 nitrogen and oxygen atoms in total. The minimum Gasteiger partial charge on any atom is -0.497 e. The molecule has 0 spiro atoms. The summed E-state index contributed by atoms with van der Waals surface area (Å²) < 4.78 is 7.23. The van der Waals surface area contributed by atoms with Crippen LogP contribution in [0.4, 0.5) is 16.2 Å². The Bertz CT molecular complexity index is 1580. The zero-order valence-electron chi connectivity index (χ0n) is 26.5. The largest absolute Gasteiger partial charge is 0.497 e. The molecule has 0 aliphatic carbocycles. The molecule has 0 fully saturated rings.